The summed E-state index contributed by atoms with van der Waals surface area (Å²) in [5, 5.41) is 2.78. The topological polar surface area (TPSA) is 84.9 Å². The van der Waals surface area contributed by atoms with Crippen molar-refractivity contribution in [2.45, 2.75) is 24.8 Å². The van der Waals surface area contributed by atoms with Crippen molar-refractivity contribution in [3.8, 4) is 11.5 Å². The maximum atomic E-state index is 13.6. The van der Waals surface area contributed by atoms with Gasteiger partial charge in [-0.15, -0.1) is 0 Å². The van der Waals surface area contributed by atoms with Crippen LogP contribution in [0.1, 0.15) is 24.1 Å². The number of sulfonamides is 1. The van der Waals surface area contributed by atoms with Crippen LogP contribution in [0, 0.1) is 12.7 Å². The fraction of sp³-hybridized carbons (Fsp3) is 0.240. The van der Waals surface area contributed by atoms with E-state index in [4.69, 9.17) is 9.47 Å². The van der Waals surface area contributed by atoms with Crippen LogP contribution in [0.4, 0.5) is 10.1 Å². The fourth-order valence-corrected chi connectivity index (χ4v) is 4.80. The number of carbonyl (C=O) groups is 1. The number of carbonyl (C=O) groups excluding carboxylic acids is 1. The van der Waals surface area contributed by atoms with Gasteiger partial charge in [0.25, 0.3) is 10.0 Å². The quantitative estimate of drug-likeness (QED) is 0.490. The van der Waals surface area contributed by atoms with E-state index in [0.717, 1.165) is 9.87 Å². The van der Waals surface area contributed by atoms with Crippen LogP contribution in [-0.2, 0) is 14.8 Å². The molecule has 1 atom stereocenters. The molecular weight excluding hydrogens is 459 g/mol. The van der Waals surface area contributed by atoms with Crippen LogP contribution in [0.5, 0.6) is 11.5 Å². The summed E-state index contributed by atoms with van der Waals surface area (Å²) in [4.78, 5) is 13.0. The van der Waals surface area contributed by atoms with E-state index >= 15 is 0 Å². The first-order valence-corrected chi connectivity index (χ1v) is 12.0. The number of benzene rings is 3. The first-order valence-electron chi connectivity index (χ1n) is 10.5. The van der Waals surface area contributed by atoms with Gasteiger partial charge in [0.2, 0.25) is 5.91 Å². The summed E-state index contributed by atoms with van der Waals surface area (Å²) >= 11 is 0. The molecule has 180 valence electrons. The first-order chi connectivity index (χ1) is 16.1. The van der Waals surface area contributed by atoms with E-state index in [2.05, 4.69) is 5.32 Å². The normalized spacial score (nSPS) is 12.0. The lowest BCUT2D eigenvalue weighted by atomic mass is 10.1. The number of aryl methyl sites for hydroxylation is 1. The molecule has 7 nitrogen and oxygen atoms in total. The van der Waals surface area contributed by atoms with Crippen molar-refractivity contribution in [2.24, 2.45) is 0 Å². The van der Waals surface area contributed by atoms with Crippen molar-refractivity contribution >= 4 is 21.6 Å². The Balaban J connectivity index is 1.95. The number of ether oxygens (including phenoxy) is 2. The third-order valence-corrected chi connectivity index (χ3v) is 7.09. The van der Waals surface area contributed by atoms with Crippen LogP contribution in [0.15, 0.2) is 71.6 Å². The fourth-order valence-electron chi connectivity index (χ4n) is 3.38. The molecule has 0 aliphatic rings. The van der Waals surface area contributed by atoms with Gasteiger partial charge in [-0.1, -0.05) is 29.8 Å². The molecule has 9 heteroatoms. The van der Waals surface area contributed by atoms with Gasteiger partial charge in [0.15, 0.2) is 11.5 Å². The van der Waals surface area contributed by atoms with Crippen molar-refractivity contribution in [2.75, 3.05) is 25.1 Å². The zero-order valence-corrected chi connectivity index (χ0v) is 20.2. The number of nitrogens with zero attached hydrogens (tertiary/aromatic N) is 1. The predicted molar refractivity (Wildman–Crippen MR) is 128 cm³/mol. The van der Waals surface area contributed by atoms with Crippen LogP contribution >= 0.6 is 0 Å². The van der Waals surface area contributed by atoms with Crippen LogP contribution in [0.2, 0.25) is 0 Å². The summed E-state index contributed by atoms with van der Waals surface area (Å²) in [7, 11) is -1.17. The van der Waals surface area contributed by atoms with Gasteiger partial charge in [-0.25, -0.2) is 12.8 Å². The van der Waals surface area contributed by atoms with Gasteiger partial charge >= 0.3 is 0 Å². The Hall–Kier alpha value is -3.59. The number of halogens is 1. The Bertz CT molecular complexity index is 1250. The predicted octanol–water partition coefficient (Wildman–Crippen LogP) is 4.22. The molecule has 0 aliphatic carbocycles. The highest BCUT2D eigenvalue weighted by molar-refractivity contribution is 7.92. The Morgan fingerprint density at radius 2 is 1.59 bits per heavy atom. The summed E-state index contributed by atoms with van der Waals surface area (Å²) in [6.07, 6.45) is 0. The smallest absolute Gasteiger partial charge is 0.264 e. The van der Waals surface area contributed by atoms with E-state index in [0.29, 0.717) is 17.1 Å². The number of anilines is 1. The zero-order chi connectivity index (χ0) is 24.9. The number of amides is 1. The molecular formula is C25H27FN2O5S. The highest BCUT2D eigenvalue weighted by Crippen LogP contribution is 2.33. The number of methoxy groups -OCH3 is 2. The monoisotopic (exact) mass is 486 g/mol. The van der Waals surface area contributed by atoms with Crippen molar-refractivity contribution in [1.82, 2.24) is 5.32 Å². The Kier molecular flexibility index (Phi) is 7.78. The third-order valence-electron chi connectivity index (χ3n) is 5.30. The maximum absolute atomic E-state index is 13.6. The highest BCUT2D eigenvalue weighted by Gasteiger charge is 2.28. The molecule has 0 spiro atoms. The molecule has 0 heterocycles. The summed E-state index contributed by atoms with van der Waals surface area (Å²) in [5.41, 5.74) is 1.83. The van der Waals surface area contributed by atoms with Crippen molar-refractivity contribution < 1.29 is 27.1 Å². The van der Waals surface area contributed by atoms with Gasteiger partial charge in [-0.05, 0) is 55.8 Å². The molecule has 34 heavy (non-hydrogen) atoms. The number of rotatable bonds is 9. The van der Waals surface area contributed by atoms with E-state index in [1.807, 2.05) is 6.92 Å². The second-order valence-corrected chi connectivity index (χ2v) is 9.57. The Morgan fingerprint density at radius 3 is 2.18 bits per heavy atom. The van der Waals surface area contributed by atoms with E-state index in [-0.39, 0.29) is 16.4 Å². The molecule has 0 radical (unpaired) electrons. The second-order valence-electron chi connectivity index (χ2n) is 7.70. The van der Waals surface area contributed by atoms with Crippen molar-refractivity contribution in [3.05, 3.63) is 83.7 Å². The lowest BCUT2D eigenvalue weighted by molar-refractivity contribution is -0.120. The van der Waals surface area contributed by atoms with Crippen LogP contribution < -0.4 is 19.1 Å². The molecule has 3 aromatic carbocycles. The molecule has 0 fully saturated rings. The molecule has 0 saturated heterocycles. The van der Waals surface area contributed by atoms with Crippen LogP contribution in [-0.4, -0.2) is 35.1 Å². The van der Waals surface area contributed by atoms with Crippen molar-refractivity contribution in [1.29, 1.82) is 0 Å². The third kappa shape index (κ3) is 5.66. The van der Waals surface area contributed by atoms with Gasteiger partial charge in [-0.2, -0.15) is 0 Å². The van der Waals surface area contributed by atoms with Crippen LogP contribution in [0.3, 0.4) is 0 Å². The molecule has 3 rings (SSSR count). The van der Waals surface area contributed by atoms with Gasteiger partial charge in [0.1, 0.15) is 12.4 Å². The first kappa shape index (κ1) is 25.0. The van der Waals surface area contributed by atoms with E-state index in [9.17, 15) is 17.6 Å². The molecule has 0 bridgehead atoms. The molecule has 1 unspecified atom stereocenters. The van der Waals surface area contributed by atoms with E-state index in [1.165, 1.54) is 44.6 Å². The van der Waals surface area contributed by atoms with Gasteiger partial charge in [-0.3, -0.25) is 9.10 Å². The average molecular weight is 487 g/mol. The minimum absolute atomic E-state index is 0.0484. The van der Waals surface area contributed by atoms with Gasteiger partial charge in [0, 0.05) is 6.07 Å². The Morgan fingerprint density at radius 1 is 0.971 bits per heavy atom. The summed E-state index contributed by atoms with van der Waals surface area (Å²) < 4.78 is 51.9. The summed E-state index contributed by atoms with van der Waals surface area (Å²) in [5.74, 6) is -0.161. The van der Waals surface area contributed by atoms with Gasteiger partial charge < -0.3 is 14.8 Å². The molecule has 0 saturated carbocycles. The maximum Gasteiger partial charge on any atom is 0.264 e. The number of hydrogen-bond acceptors (Lipinski definition) is 5. The molecule has 0 aliphatic heterocycles. The average Bonchev–Trinajstić information content (AvgIpc) is 2.82. The summed E-state index contributed by atoms with van der Waals surface area (Å²) in [6.45, 7) is 3.12. The minimum Gasteiger partial charge on any atom is -0.493 e. The summed E-state index contributed by atoms with van der Waals surface area (Å²) in [6, 6.07) is 16.3. The SMILES string of the molecule is COc1ccc(N(CC(=O)NC(C)c2ccc(F)cc2)S(=O)(=O)c2ccc(C)cc2)cc1OC. The molecule has 0 aromatic heterocycles. The largest absolute Gasteiger partial charge is 0.493 e. The zero-order valence-electron chi connectivity index (χ0n) is 19.4. The van der Waals surface area contributed by atoms with Crippen LogP contribution in [0.25, 0.3) is 0 Å². The lowest BCUT2D eigenvalue weighted by Gasteiger charge is -2.26. The standard InChI is InChI=1S/C25H27FN2O5S/c1-17-5-12-22(13-6-17)34(30,31)28(21-11-14-23(32-3)24(15-21)33-4)16-25(29)27-18(2)19-7-9-20(26)10-8-19/h5-15,18H,16H2,1-4H3,(H,27,29). The van der Waals surface area contributed by atoms with E-state index in [1.54, 1.807) is 43.3 Å². The van der Waals surface area contributed by atoms with Gasteiger partial charge in [0.05, 0.1) is 30.8 Å². The minimum atomic E-state index is -4.09. The molecule has 1 N–H and O–H groups in total. The Labute approximate surface area is 199 Å². The lowest BCUT2D eigenvalue weighted by Crippen LogP contribution is -2.41. The number of hydrogen-bond donors (Lipinski definition) is 1. The highest BCUT2D eigenvalue weighted by atomic mass is 32.2. The molecule has 3 aromatic rings. The van der Waals surface area contributed by atoms with E-state index < -0.39 is 28.5 Å². The second kappa shape index (κ2) is 10.6. The molecule has 1 amide bonds. The number of nitrogens with one attached hydrogen (secondary N) is 1. The van der Waals surface area contributed by atoms with Crippen molar-refractivity contribution in [3.63, 3.8) is 0 Å².